The van der Waals surface area contributed by atoms with Gasteiger partial charge in [-0.2, -0.15) is 5.10 Å². The van der Waals surface area contributed by atoms with Gasteiger partial charge in [-0.05, 0) is 32.3 Å². The fourth-order valence-corrected chi connectivity index (χ4v) is 3.86. The van der Waals surface area contributed by atoms with Gasteiger partial charge in [-0.1, -0.05) is 0 Å². The van der Waals surface area contributed by atoms with Crippen LogP contribution in [0.2, 0.25) is 0 Å². The Morgan fingerprint density at radius 1 is 1.29 bits per heavy atom. The third kappa shape index (κ3) is 3.41. The molecule has 1 aliphatic rings. The van der Waals surface area contributed by atoms with Gasteiger partial charge >= 0.3 is 0 Å². The largest absolute Gasteiger partial charge is 0.373 e. The quantitative estimate of drug-likeness (QED) is 0.683. The van der Waals surface area contributed by atoms with E-state index in [2.05, 4.69) is 15.0 Å². The Morgan fingerprint density at radius 2 is 2.11 bits per heavy atom. The number of rotatable bonds is 4. The predicted octanol–water partition coefficient (Wildman–Crippen LogP) is 1.45. The summed E-state index contributed by atoms with van der Waals surface area (Å²) >= 11 is 0. The molecule has 0 bridgehead atoms. The minimum Gasteiger partial charge on any atom is -0.373 e. The molecule has 0 spiro atoms. The van der Waals surface area contributed by atoms with Crippen LogP contribution in [0.5, 0.6) is 0 Å². The molecule has 0 aromatic carbocycles. The van der Waals surface area contributed by atoms with Crippen molar-refractivity contribution in [3.05, 3.63) is 48.0 Å². The molecular formula is C20H26N6O2. The molecule has 1 aliphatic heterocycles. The zero-order chi connectivity index (χ0) is 19.8. The van der Waals surface area contributed by atoms with Gasteiger partial charge in [0.1, 0.15) is 11.3 Å². The number of aromatic nitrogens is 4. The number of hydrogen-bond acceptors (Lipinski definition) is 5. The molecule has 3 aromatic rings. The van der Waals surface area contributed by atoms with Gasteiger partial charge in [0.15, 0.2) is 0 Å². The minimum absolute atomic E-state index is 0.0796. The van der Waals surface area contributed by atoms with Crippen LogP contribution < -0.4 is 0 Å². The van der Waals surface area contributed by atoms with Crippen LogP contribution in [0.3, 0.4) is 0 Å². The number of nitrogens with zero attached hydrogens (tertiary/aromatic N) is 6. The molecule has 4 rings (SSSR count). The maximum absolute atomic E-state index is 13.5. The van der Waals surface area contributed by atoms with E-state index in [1.807, 2.05) is 68.4 Å². The van der Waals surface area contributed by atoms with Crippen LogP contribution in [0, 0.1) is 0 Å². The van der Waals surface area contributed by atoms with E-state index < -0.39 is 0 Å². The lowest BCUT2D eigenvalue weighted by atomic mass is 10.00. The monoisotopic (exact) mass is 382 g/mol. The number of likely N-dealkylation sites (N-methyl/N-ethyl adjacent to an activating group) is 1. The van der Waals surface area contributed by atoms with Crippen molar-refractivity contribution >= 4 is 16.9 Å². The standard InChI is InChI=1S/C20H26N6O2/c1-23(2)13-17-18(15-11-21-25(4)12-15)26(9-10-28-17)20(27)16-6-5-14-7-8-24(3)19(14)22-16/h5-8,11-12,17-18H,9-10,13H2,1-4H3/t17-,18-/m0/s1. The molecule has 0 N–H and O–H groups in total. The van der Waals surface area contributed by atoms with Crippen molar-refractivity contribution in [3.8, 4) is 0 Å². The second-order valence-corrected chi connectivity index (χ2v) is 7.60. The summed E-state index contributed by atoms with van der Waals surface area (Å²) in [5, 5.41) is 5.33. The molecule has 0 radical (unpaired) electrons. The molecule has 0 unspecified atom stereocenters. The minimum atomic E-state index is -0.205. The van der Waals surface area contributed by atoms with Crippen LogP contribution in [-0.2, 0) is 18.8 Å². The third-order valence-corrected chi connectivity index (χ3v) is 5.16. The molecule has 0 saturated carbocycles. The number of aryl methyl sites for hydroxylation is 2. The number of morpholine rings is 1. The van der Waals surface area contributed by atoms with Gasteiger partial charge in [-0.15, -0.1) is 0 Å². The van der Waals surface area contributed by atoms with Crippen molar-refractivity contribution in [1.82, 2.24) is 29.1 Å². The molecule has 1 amide bonds. The maximum Gasteiger partial charge on any atom is 0.273 e. The summed E-state index contributed by atoms with van der Waals surface area (Å²) in [5.41, 5.74) is 2.23. The van der Waals surface area contributed by atoms with Gasteiger partial charge in [0.25, 0.3) is 5.91 Å². The molecule has 8 nitrogen and oxygen atoms in total. The molecule has 28 heavy (non-hydrogen) atoms. The Morgan fingerprint density at radius 3 is 2.82 bits per heavy atom. The Bertz CT molecular complexity index is 992. The van der Waals surface area contributed by atoms with Gasteiger partial charge in [-0.3, -0.25) is 9.48 Å². The van der Waals surface area contributed by atoms with Gasteiger partial charge in [0, 0.05) is 50.5 Å². The molecule has 3 aromatic heterocycles. The highest BCUT2D eigenvalue weighted by molar-refractivity contribution is 5.95. The highest BCUT2D eigenvalue weighted by Crippen LogP contribution is 2.31. The van der Waals surface area contributed by atoms with Gasteiger partial charge in [0.05, 0.1) is 24.9 Å². The lowest BCUT2D eigenvalue weighted by Crippen LogP contribution is -2.51. The van der Waals surface area contributed by atoms with E-state index in [1.54, 1.807) is 10.7 Å². The lowest BCUT2D eigenvalue weighted by Gasteiger charge is -2.41. The first-order chi connectivity index (χ1) is 13.4. The highest BCUT2D eigenvalue weighted by Gasteiger charge is 2.38. The summed E-state index contributed by atoms with van der Waals surface area (Å²) in [6.45, 7) is 1.75. The van der Waals surface area contributed by atoms with Gasteiger partial charge in [0.2, 0.25) is 0 Å². The average molecular weight is 382 g/mol. The van der Waals surface area contributed by atoms with E-state index in [0.29, 0.717) is 25.4 Å². The van der Waals surface area contributed by atoms with Crippen LogP contribution in [0.4, 0.5) is 0 Å². The van der Waals surface area contributed by atoms with Gasteiger partial charge in [-0.25, -0.2) is 4.98 Å². The van der Waals surface area contributed by atoms with Crippen LogP contribution in [-0.4, -0.2) is 74.9 Å². The van der Waals surface area contributed by atoms with E-state index in [0.717, 1.165) is 16.6 Å². The Hall–Kier alpha value is -2.71. The zero-order valence-electron chi connectivity index (χ0n) is 16.7. The first kappa shape index (κ1) is 18.6. The van der Waals surface area contributed by atoms with Crippen molar-refractivity contribution in [2.45, 2.75) is 12.1 Å². The fourth-order valence-electron chi connectivity index (χ4n) is 3.86. The summed E-state index contributed by atoms with van der Waals surface area (Å²) in [4.78, 5) is 22.0. The predicted molar refractivity (Wildman–Crippen MR) is 106 cm³/mol. The Kier molecular flexibility index (Phi) is 4.91. The fraction of sp³-hybridized carbons (Fsp3) is 0.450. The molecule has 8 heteroatoms. The van der Waals surface area contributed by atoms with Crippen LogP contribution >= 0.6 is 0 Å². The van der Waals surface area contributed by atoms with Crippen molar-refractivity contribution < 1.29 is 9.53 Å². The molecular weight excluding hydrogens is 356 g/mol. The second kappa shape index (κ2) is 7.37. The SMILES string of the molecule is CN(C)C[C@@H]1OCCN(C(=O)c2ccc3ccn(C)c3n2)[C@H]1c1cnn(C)c1. The number of hydrogen-bond donors (Lipinski definition) is 0. The normalized spacial score (nSPS) is 20.2. The smallest absolute Gasteiger partial charge is 0.273 e. The first-order valence-electron chi connectivity index (χ1n) is 9.42. The Labute approximate surface area is 164 Å². The number of ether oxygens (including phenoxy) is 1. The van der Waals surface area contributed by atoms with Crippen molar-refractivity contribution in [2.24, 2.45) is 14.1 Å². The number of fused-ring (bicyclic) bond motifs is 1. The summed E-state index contributed by atoms with van der Waals surface area (Å²) in [6, 6.07) is 5.55. The van der Waals surface area contributed by atoms with Crippen LogP contribution in [0.1, 0.15) is 22.1 Å². The molecule has 1 saturated heterocycles. The maximum atomic E-state index is 13.5. The molecule has 1 fully saturated rings. The van der Waals surface area contributed by atoms with Crippen molar-refractivity contribution in [2.75, 3.05) is 33.8 Å². The summed E-state index contributed by atoms with van der Waals surface area (Å²) < 4.78 is 9.75. The molecule has 2 atom stereocenters. The lowest BCUT2D eigenvalue weighted by molar-refractivity contribution is -0.0686. The van der Waals surface area contributed by atoms with E-state index in [-0.39, 0.29) is 18.1 Å². The number of carbonyl (C=O) groups excluding carboxylic acids is 1. The summed E-state index contributed by atoms with van der Waals surface area (Å²) in [7, 11) is 7.83. The van der Waals surface area contributed by atoms with E-state index in [4.69, 9.17) is 4.74 Å². The molecule has 0 aliphatic carbocycles. The highest BCUT2D eigenvalue weighted by atomic mass is 16.5. The number of carbonyl (C=O) groups is 1. The van der Waals surface area contributed by atoms with Crippen molar-refractivity contribution in [3.63, 3.8) is 0 Å². The second-order valence-electron chi connectivity index (χ2n) is 7.60. The average Bonchev–Trinajstić information content (AvgIpc) is 3.26. The van der Waals surface area contributed by atoms with Crippen LogP contribution in [0.15, 0.2) is 36.8 Å². The number of amides is 1. The third-order valence-electron chi connectivity index (χ3n) is 5.16. The summed E-state index contributed by atoms with van der Waals surface area (Å²) in [6.07, 6.45) is 5.59. The molecule has 148 valence electrons. The molecule has 4 heterocycles. The van der Waals surface area contributed by atoms with E-state index in [1.165, 1.54) is 0 Å². The van der Waals surface area contributed by atoms with Gasteiger partial charge < -0.3 is 19.1 Å². The first-order valence-corrected chi connectivity index (χ1v) is 9.42. The van der Waals surface area contributed by atoms with E-state index in [9.17, 15) is 4.79 Å². The van der Waals surface area contributed by atoms with E-state index >= 15 is 0 Å². The van der Waals surface area contributed by atoms with Crippen LogP contribution in [0.25, 0.3) is 11.0 Å². The Balaban J connectivity index is 1.71. The summed E-state index contributed by atoms with van der Waals surface area (Å²) in [5.74, 6) is -0.0796. The van der Waals surface area contributed by atoms with Crippen molar-refractivity contribution in [1.29, 1.82) is 0 Å². The topological polar surface area (TPSA) is 68.4 Å². The zero-order valence-corrected chi connectivity index (χ0v) is 16.7. The number of pyridine rings is 1.